The summed E-state index contributed by atoms with van der Waals surface area (Å²) in [4.78, 5) is 0. The second kappa shape index (κ2) is 7.30. The Morgan fingerprint density at radius 3 is 1.30 bits per heavy atom. The van der Waals surface area contributed by atoms with Crippen molar-refractivity contribution in [3.63, 3.8) is 0 Å². The summed E-state index contributed by atoms with van der Waals surface area (Å²) in [6, 6.07) is 5.06. The lowest BCUT2D eigenvalue weighted by molar-refractivity contribution is 0.437. The van der Waals surface area contributed by atoms with Crippen LogP contribution in [0.1, 0.15) is 87.2 Å². The van der Waals surface area contributed by atoms with Crippen LogP contribution in [0, 0.1) is 7.14 Å². The van der Waals surface area contributed by atoms with Gasteiger partial charge in [0.1, 0.15) is 0 Å². The Morgan fingerprint density at radius 2 is 0.950 bits per heavy atom. The molecule has 1 aromatic rings. The third-order valence-corrected chi connectivity index (χ3v) is 7.07. The first-order valence-electron chi connectivity index (χ1n) is 8.24. The van der Waals surface area contributed by atoms with Crippen molar-refractivity contribution in [1.29, 1.82) is 0 Å². The maximum atomic E-state index is 2.60. The Hall–Kier alpha value is 0.680. The lowest BCUT2D eigenvalue weighted by Crippen LogP contribution is -2.10. The Morgan fingerprint density at radius 1 is 0.600 bits per heavy atom. The number of halogens is 2. The molecule has 2 saturated carbocycles. The maximum absolute atomic E-state index is 2.60. The smallest absolute Gasteiger partial charge is 0.0168 e. The van der Waals surface area contributed by atoms with Crippen LogP contribution in [0.5, 0.6) is 0 Å². The van der Waals surface area contributed by atoms with Crippen LogP contribution in [-0.2, 0) is 0 Å². The molecule has 0 bridgehead atoms. The molecule has 0 atom stereocenters. The summed E-state index contributed by atoms with van der Waals surface area (Å²) in [7, 11) is 0. The molecule has 2 aliphatic carbocycles. The Bertz CT molecular complexity index is 411. The molecule has 0 spiro atoms. The van der Waals surface area contributed by atoms with E-state index in [0.29, 0.717) is 0 Å². The summed E-state index contributed by atoms with van der Waals surface area (Å²) < 4.78 is 3.07. The van der Waals surface area contributed by atoms with Crippen LogP contribution in [0.2, 0.25) is 0 Å². The van der Waals surface area contributed by atoms with Gasteiger partial charge < -0.3 is 0 Å². The third-order valence-electron chi connectivity index (χ3n) is 5.21. The minimum atomic E-state index is 0.838. The normalized spacial score (nSPS) is 22.1. The molecule has 2 heteroatoms. The van der Waals surface area contributed by atoms with Crippen LogP contribution in [0.4, 0.5) is 0 Å². The van der Waals surface area contributed by atoms with E-state index in [2.05, 4.69) is 57.3 Å². The molecular weight excluding hydrogens is 470 g/mol. The van der Waals surface area contributed by atoms with Gasteiger partial charge in [-0.2, -0.15) is 0 Å². The zero-order chi connectivity index (χ0) is 13.9. The van der Waals surface area contributed by atoms with Gasteiger partial charge in [-0.3, -0.25) is 0 Å². The predicted molar refractivity (Wildman–Crippen MR) is 104 cm³/mol. The van der Waals surface area contributed by atoms with Crippen LogP contribution < -0.4 is 0 Å². The molecule has 2 aliphatic rings. The van der Waals surface area contributed by atoms with Crippen molar-refractivity contribution in [2.45, 2.75) is 76.0 Å². The Kier molecular flexibility index (Phi) is 5.68. The summed E-state index contributed by atoms with van der Waals surface area (Å²) in [6.45, 7) is 0. The van der Waals surface area contributed by atoms with E-state index in [9.17, 15) is 0 Å². The van der Waals surface area contributed by atoms with Crippen molar-refractivity contribution in [2.75, 3.05) is 0 Å². The van der Waals surface area contributed by atoms with Crippen molar-refractivity contribution < 1.29 is 0 Å². The summed E-state index contributed by atoms with van der Waals surface area (Å²) in [5.74, 6) is 1.68. The number of rotatable bonds is 2. The molecule has 0 radical (unpaired) electrons. The SMILES string of the molecule is Ic1cc(C2CCCCC2)c(I)cc1C1CCCCC1. The van der Waals surface area contributed by atoms with Gasteiger partial charge in [-0.05, 0) is 106 Å². The second-order valence-corrected chi connectivity index (χ2v) is 8.89. The average molecular weight is 494 g/mol. The van der Waals surface area contributed by atoms with E-state index in [-0.39, 0.29) is 0 Å². The van der Waals surface area contributed by atoms with Gasteiger partial charge in [0.25, 0.3) is 0 Å². The van der Waals surface area contributed by atoms with Crippen molar-refractivity contribution >= 4 is 45.2 Å². The molecule has 20 heavy (non-hydrogen) atoms. The van der Waals surface area contributed by atoms with Gasteiger partial charge in [-0.15, -0.1) is 0 Å². The molecule has 0 heterocycles. The van der Waals surface area contributed by atoms with E-state index in [1.807, 2.05) is 0 Å². The highest BCUT2D eigenvalue weighted by Crippen LogP contribution is 2.40. The molecule has 3 rings (SSSR count). The standard InChI is InChI=1S/C18H24I2/c19-17-12-16(14-9-5-2-6-10-14)18(20)11-15(17)13-7-3-1-4-8-13/h11-14H,1-10H2. The van der Waals surface area contributed by atoms with Crippen molar-refractivity contribution in [1.82, 2.24) is 0 Å². The highest BCUT2D eigenvalue weighted by molar-refractivity contribution is 14.1. The molecular formula is C18H24I2. The third kappa shape index (κ3) is 3.53. The quantitative estimate of drug-likeness (QED) is 0.389. The van der Waals surface area contributed by atoms with Gasteiger partial charge in [-0.1, -0.05) is 38.5 Å². The molecule has 0 nitrogen and oxygen atoms in total. The van der Waals surface area contributed by atoms with Crippen LogP contribution in [-0.4, -0.2) is 0 Å². The molecule has 1 aromatic carbocycles. The molecule has 0 unspecified atom stereocenters. The van der Waals surface area contributed by atoms with E-state index in [4.69, 9.17) is 0 Å². The largest absolute Gasteiger partial charge is 0.0533 e. The summed E-state index contributed by atoms with van der Waals surface area (Å²) in [5, 5.41) is 0. The zero-order valence-corrected chi connectivity index (χ0v) is 16.5. The molecule has 0 saturated heterocycles. The van der Waals surface area contributed by atoms with Crippen molar-refractivity contribution in [2.24, 2.45) is 0 Å². The zero-order valence-electron chi connectivity index (χ0n) is 12.1. The van der Waals surface area contributed by atoms with Crippen LogP contribution in [0.15, 0.2) is 12.1 Å². The lowest BCUT2D eigenvalue weighted by Gasteiger charge is -2.27. The summed E-state index contributed by atoms with van der Waals surface area (Å²) in [5.41, 5.74) is 3.29. The molecule has 0 aliphatic heterocycles. The fraction of sp³-hybridized carbons (Fsp3) is 0.667. The van der Waals surface area contributed by atoms with Gasteiger partial charge in [-0.25, -0.2) is 0 Å². The first-order chi connectivity index (χ1) is 9.75. The second-order valence-electron chi connectivity index (χ2n) is 6.57. The van der Waals surface area contributed by atoms with Crippen LogP contribution in [0.3, 0.4) is 0 Å². The van der Waals surface area contributed by atoms with E-state index in [0.717, 1.165) is 11.8 Å². The first kappa shape index (κ1) is 15.6. The van der Waals surface area contributed by atoms with E-state index in [1.54, 1.807) is 11.1 Å². The fourth-order valence-corrected chi connectivity index (χ4v) is 5.89. The van der Waals surface area contributed by atoms with E-state index < -0.39 is 0 Å². The Labute approximate surface area is 150 Å². The maximum Gasteiger partial charge on any atom is 0.0168 e. The monoisotopic (exact) mass is 494 g/mol. The molecule has 0 amide bonds. The number of benzene rings is 1. The van der Waals surface area contributed by atoms with E-state index >= 15 is 0 Å². The van der Waals surface area contributed by atoms with Gasteiger partial charge >= 0.3 is 0 Å². The van der Waals surface area contributed by atoms with Crippen LogP contribution >= 0.6 is 45.2 Å². The minimum Gasteiger partial charge on any atom is -0.0533 e. The van der Waals surface area contributed by atoms with E-state index in [1.165, 1.54) is 71.3 Å². The number of hydrogen-bond donors (Lipinski definition) is 0. The van der Waals surface area contributed by atoms with Crippen molar-refractivity contribution in [3.8, 4) is 0 Å². The van der Waals surface area contributed by atoms with Crippen LogP contribution in [0.25, 0.3) is 0 Å². The van der Waals surface area contributed by atoms with Crippen molar-refractivity contribution in [3.05, 3.63) is 30.4 Å². The molecule has 2 fully saturated rings. The first-order valence-corrected chi connectivity index (χ1v) is 10.4. The Balaban J connectivity index is 1.85. The van der Waals surface area contributed by atoms with Gasteiger partial charge in [0.15, 0.2) is 0 Å². The predicted octanol–water partition coefficient (Wildman–Crippen LogP) is 6.99. The molecule has 0 aromatic heterocycles. The minimum absolute atomic E-state index is 0.838. The summed E-state index contributed by atoms with van der Waals surface area (Å²) >= 11 is 5.20. The van der Waals surface area contributed by atoms with Gasteiger partial charge in [0, 0.05) is 7.14 Å². The fourth-order valence-electron chi connectivity index (χ4n) is 4.03. The van der Waals surface area contributed by atoms with Gasteiger partial charge in [0.05, 0.1) is 0 Å². The lowest BCUT2D eigenvalue weighted by atomic mass is 9.81. The average Bonchev–Trinajstić information content (AvgIpc) is 2.51. The molecule has 0 N–H and O–H groups in total. The highest BCUT2D eigenvalue weighted by Gasteiger charge is 2.22. The topological polar surface area (TPSA) is 0 Å². The summed E-state index contributed by atoms with van der Waals surface area (Å²) in [6.07, 6.45) is 14.3. The number of hydrogen-bond acceptors (Lipinski definition) is 0. The van der Waals surface area contributed by atoms with Gasteiger partial charge in [0.2, 0.25) is 0 Å². The highest BCUT2D eigenvalue weighted by atomic mass is 127. The molecule has 110 valence electrons.